The second-order valence-electron chi connectivity index (χ2n) is 5.51. The Morgan fingerprint density at radius 1 is 0.905 bits per heavy atom. The zero-order valence-corrected chi connectivity index (χ0v) is 12.9. The molecule has 21 heavy (non-hydrogen) atoms. The number of nitrogens with one attached hydrogen (secondary N) is 1. The molecule has 2 aromatic rings. The molecule has 0 fully saturated rings. The summed E-state index contributed by atoms with van der Waals surface area (Å²) in [5, 5.41) is 13.0. The largest absolute Gasteiger partial charge is 0.508 e. The van der Waals surface area contributed by atoms with Crippen LogP contribution in [-0.4, -0.2) is 5.11 Å². The summed E-state index contributed by atoms with van der Waals surface area (Å²) in [5.41, 5.74) is 2.55. The predicted molar refractivity (Wildman–Crippen MR) is 88.2 cm³/mol. The lowest BCUT2D eigenvalue weighted by molar-refractivity contribution is 0.339. The normalized spacial score (nSPS) is 12.5. The lowest BCUT2D eigenvalue weighted by Gasteiger charge is -2.27. The van der Waals surface area contributed by atoms with Crippen LogP contribution in [0.3, 0.4) is 0 Å². The number of aromatic hydroxyl groups is 1. The van der Waals surface area contributed by atoms with E-state index in [9.17, 15) is 5.11 Å². The first-order chi connectivity index (χ1) is 10.2. The average molecular weight is 283 g/mol. The third-order valence-electron chi connectivity index (χ3n) is 4.14. The fraction of sp³-hybridized carbons (Fsp3) is 0.368. The van der Waals surface area contributed by atoms with E-state index < -0.39 is 0 Å². The summed E-state index contributed by atoms with van der Waals surface area (Å²) in [6.07, 6.45) is 2.33. The van der Waals surface area contributed by atoms with Crippen molar-refractivity contribution in [3.8, 4) is 5.75 Å². The Morgan fingerprint density at radius 2 is 1.52 bits per heavy atom. The second-order valence-corrected chi connectivity index (χ2v) is 5.51. The summed E-state index contributed by atoms with van der Waals surface area (Å²) >= 11 is 0. The Morgan fingerprint density at radius 3 is 2.10 bits per heavy atom. The topological polar surface area (TPSA) is 32.3 Å². The molecule has 2 aromatic carbocycles. The van der Waals surface area contributed by atoms with E-state index in [0.29, 0.717) is 17.7 Å². The van der Waals surface area contributed by atoms with Gasteiger partial charge in [0.25, 0.3) is 0 Å². The molecule has 2 rings (SSSR count). The summed E-state index contributed by atoms with van der Waals surface area (Å²) in [4.78, 5) is 0. The molecule has 0 aliphatic rings. The van der Waals surface area contributed by atoms with Crippen molar-refractivity contribution in [2.45, 2.75) is 39.3 Å². The molecule has 0 bridgehead atoms. The van der Waals surface area contributed by atoms with E-state index >= 15 is 0 Å². The van der Waals surface area contributed by atoms with Gasteiger partial charge in [-0.15, -0.1) is 0 Å². The fourth-order valence-electron chi connectivity index (χ4n) is 2.82. The third-order valence-corrected chi connectivity index (χ3v) is 4.14. The maximum Gasteiger partial charge on any atom is 0.115 e. The van der Waals surface area contributed by atoms with Crippen LogP contribution < -0.4 is 5.32 Å². The van der Waals surface area contributed by atoms with Crippen molar-refractivity contribution in [2.75, 3.05) is 0 Å². The highest BCUT2D eigenvalue weighted by atomic mass is 16.3. The van der Waals surface area contributed by atoms with Crippen LogP contribution >= 0.6 is 0 Å². The van der Waals surface area contributed by atoms with Crippen molar-refractivity contribution in [3.05, 3.63) is 65.7 Å². The Balaban J connectivity index is 2.10. The minimum atomic E-state index is 0.318. The van der Waals surface area contributed by atoms with Crippen LogP contribution in [0.5, 0.6) is 5.75 Å². The Labute approximate surface area is 127 Å². The molecule has 1 atom stereocenters. The molecule has 0 saturated heterocycles. The molecule has 0 saturated carbocycles. The quantitative estimate of drug-likeness (QED) is 0.774. The number of rotatable bonds is 7. The summed E-state index contributed by atoms with van der Waals surface area (Å²) < 4.78 is 0. The van der Waals surface area contributed by atoms with E-state index in [0.717, 1.165) is 6.54 Å². The molecule has 0 amide bonds. The van der Waals surface area contributed by atoms with Gasteiger partial charge in [0.15, 0.2) is 0 Å². The maximum atomic E-state index is 9.36. The highest BCUT2D eigenvalue weighted by molar-refractivity contribution is 5.26. The number of hydrogen-bond acceptors (Lipinski definition) is 2. The highest BCUT2D eigenvalue weighted by Gasteiger charge is 2.19. The lowest BCUT2D eigenvalue weighted by Crippen LogP contribution is -2.27. The Hall–Kier alpha value is -1.80. The highest BCUT2D eigenvalue weighted by Crippen LogP contribution is 2.27. The maximum absolute atomic E-state index is 9.36. The van der Waals surface area contributed by atoms with E-state index in [2.05, 4.69) is 49.5 Å². The number of phenolic OH excluding ortho intramolecular Hbond substituents is 1. The van der Waals surface area contributed by atoms with Gasteiger partial charge in [0.2, 0.25) is 0 Å². The lowest BCUT2D eigenvalue weighted by atomic mass is 9.88. The van der Waals surface area contributed by atoms with Gasteiger partial charge < -0.3 is 10.4 Å². The molecular formula is C19H25NO. The van der Waals surface area contributed by atoms with Crippen LogP contribution in [0, 0.1) is 5.92 Å². The van der Waals surface area contributed by atoms with Crippen LogP contribution in [0.15, 0.2) is 54.6 Å². The van der Waals surface area contributed by atoms with Crippen molar-refractivity contribution in [1.29, 1.82) is 0 Å². The molecule has 0 radical (unpaired) electrons. The van der Waals surface area contributed by atoms with E-state index in [4.69, 9.17) is 0 Å². The minimum absolute atomic E-state index is 0.318. The minimum Gasteiger partial charge on any atom is -0.508 e. The Kier molecular flexibility index (Phi) is 5.82. The van der Waals surface area contributed by atoms with Crippen LogP contribution in [0.25, 0.3) is 0 Å². The second kappa shape index (κ2) is 7.84. The Bertz CT molecular complexity index is 517. The molecule has 2 heteroatoms. The van der Waals surface area contributed by atoms with Gasteiger partial charge in [0.05, 0.1) is 0 Å². The first-order valence-corrected chi connectivity index (χ1v) is 7.80. The standard InChI is InChI=1S/C19H25NO/c1-3-16(4-2)19(17-8-6-5-7-9-17)20-14-15-10-12-18(21)13-11-15/h5-13,16,19-21H,3-4,14H2,1-2H3. The van der Waals surface area contributed by atoms with Crippen LogP contribution in [0.2, 0.25) is 0 Å². The van der Waals surface area contributed by atoms with Gasteiger partial charge >= 0.3 is 0 Å². The van der Waals surface area contributed by atoms with Gasteiger partial charge in [-0.3, -0.25) is 0 Å². The number of hydrogen-bond donors (Lipinski definition) is 2. The van der Waals surface area contributed by atoms with Gasteiger partial charge in [-0.2, -0.15) is 0 Å². The van der Waals surface area contributed by atoms with Gasteiger partial charge in [0, 0.05) is 12.6 Å². The molecule has 112 valence electrons. The van der Waals surface area contributed by atoms with Crippen molar-refractivity contribution < 1.29 is 5.11 Å². The van der Waals surface area contributed by atoms with Gasteiger partial charge in [-0.25, -0.2) is 0 Å². The summed E-state index contributed by atoms with van der Waals surface area (Å²) in [5.74, 6) is 0.947. The van der Waals surface area contributed by atoms with Crippen LogP contribution in [0.1, 0.15) is 43.9 Å². The average Bonchev–Trinajstić information content (AvgIpc) is 2.54. The predicted octanol–water partition coefficient (Wildman–Crippen LogP) is 4.66. The van der Waals surface area contributed by atoms with Crippen molar-refractivity contribution in [1.82, 2.24) is 5.32 Å². The number of phenols is 1. The van der Waals surface area contributed by atoms with E-state index in [1.54, 1.807) is 12.1 Å². The van der Waals surface area contributed by atoms with Gasteiger partial charge in [0.1, 0.15) is 5.75 Å². The number of benzene rings is 2. The molecule has 2 nitrogen and oxygen atoms in total. The molecule has 0 aliphatic carbocycles. The van der Waals surface area contributed by atoms with E-state index in [-0.39, 0.29) is 0 Å². The first kappa shape index (κ1) is 15.6. The molecule has 0 heterocycles. The zero-order chi connectivity index (χ0) is 15.1. The smallest absolute Gasteiger partial charge is 0.115 e. The third kappa shape index (κ3) is 4.33. The molecule has 1 unspecified atom stereocenters. The van der Waals surface area contributed by atoms with Crippen molar-refractivity contribution in [2.24, 2.45) is 5.92 Å². The van der Waals surface area contributed by atoms with Crippen LogP contribution in [0.4, 0.5) is 0 Å². The summed E-state index contributed by atoms with van der Waals surface area (Å²) in [6.45, 7) is 5.33. The molecular weight excluding hydrogens is 258 g/mol. The van der Waals surface area contributed by atoms with Gasteiger partial charge in [-0.05, 0) is 29.2 Å². The molecule has 0 aliphatic heterocycles. The van der Waals surface area contributed by atoms with Gasteiger partial charge in [-0.1, -0.05) is 69.2 Å². The van der Waals surface area contributed by atoms with Crippen molar-refractivity contribution >= 4 is 0 Å². The molecule has 0 aromatic heterocycles. The van der Waals surface area contributed by atoms with E-state index in [1.165, 1.54) is 24.0 Å². The van der Waals surface area contributed by atoms with Crippen molar-refractivity contribution in [3.63, 3.8) is 0 Å². The van der Waals surface area contributed by atoms with E-state index in [1.807, 2.05) is 12.1 Å². The van der Waals surface area contributed by atoms with Crippen LogP contribution in [-0.2, 0) is 6.54 Å². The SMILES string of the molecule is CCC(CC)C(NCc1ccc(O)cc1)c1ccccc1. The zero-order valence-electron chi connectivity index (χ0n) is 12.9. The monoisotopic (exact) mass is 283 g/mol. The fourth-order valence-corrected chi connectivity index (χ4v) is 2.82. The molecule has 2 N–H and O–H groups in total. The molecule has 0 spiro atoms. The summed E-state index contributed by atoms with van der Waals surface area (Å²) in [6, 6.07) is 18.5. The summed E-state index contributed by atoms with van der Waals surface area (Å²) in [7, 11) is 0. The first-order valence-electron chi connectivity index (χ1n) is 7.80.